The zero-order chi connectivity index (χ0) is 23.3. The Morgan fingerprint density at radius 1 is 1.09 bits per heavy atom. The number of carbonyl (C=O) groups is 1. The summed E-state index contributed by atoms with van der Waals surface area (Å²) in [7, 11) is 0. The number of aromatic nitrogens is 3. The first-order valence-electron chi connectivity index (χ1n) is 10.5. The molecule has 1 heterocycles. The summed E-state index contributed by atoms with van der Waals surface area (Å²) < 4.78 is 7.98. The second-order valence-electron chi connectivity index (χ2n) is 7.92. The van der Waals surface area contributed by atoms with Gasteiger partial charge in [0.2, 0.25) is 5.91 Å². The molecule has 0 aliphatic carbocycles. The molecular weight excluding hydrogens is 420 g/mol. The first-order valence-corrected chi connectivity index (χ1v) is 11.5. The summed E-state index contributed by atoms with van der Waals surface area (Å²) in [4.78, 5) is 12.6. The second-order valence-corrected chi connectivity index (χ2v) is 8.86. The van der Waals surface area contributed by atoms with E-state index in [1.807, 2.05) is 50.5 Å². The predicted molar refractivity (Wildman–Crippen MR) is 130 cm³/mol. The topological polar surface area (TPSA) is 69.0 Å². The quantitative estimate of drug-likeness (QED) is 0.353. The van der Waals surface area contributed by atoms with Crippen molar-refractivity contribution in [2.45, 2.75) is 52.9 Å². The zero-order valence-corrected chi connectivity index (χ0v) is 20.2. The third-order valence-electron chi connectivity index (χ3n) is 5.13. The van der Waals surface area contributed by atoms with Crippen molar-refractivity contribution >= 4 is 23.4 Å². The zero-order valence-electron chi connectivity index (χ0n) is 19.4. The number of anilines is 1. The van der Waals surface area contributed by atoms with Crippen molar-refractivity contribution < 1.29 is 9.53 Å². The molecule has 3 rings (SSSR count). The summed E-state index contributed by atoms with van der Waals surface area (Å²) in [6.07, 6.45) is 1.79. The molecule has 0 spiro atoms. The normalized spacial score (nSPS) is 10.8. The highest BCUT2D eigenvalue weighted by atomic mass is 32.2. The number of hydrogen-bond donors (Lipinski definition) is 1. The number of hydrogen-bond acceptors (Lipinski definition) is 5. The number of allylic oxidation sites excluding steroid dienone is 1. The lowest BCUT2D eigenvalue weighted by Gasteiger charge is -2.13. The van der Waals surface area contributed by atoms with Gasteiger partial charge < -0.3 is 10.1 Å². The van der Waals surface area contributed by atoms with Crippen molar-refractivity contribution in [3.63, 3.8) is 0 Å². The molecule has 0 saturated heterocycles. The number of aryl methyl sites for hydroxylation is 5. The largest absolute Gasteiger partial charge is 0.485 e. The molecular formula is C25H30N4O2S. The highest BCUT2D eigenvalue weighted by Crippen LogP contribution is 2.25. The van der Waals surface area contributed by atoms with E-state index in [0.717, 1.165) is 33.7 Å². The minimum atomic E-state index is -0.0773. The van der Waals surface area contributed by atoms with Crippen molar-refractivity contribution in [2.24, 2.45) is 0 Å². The fraction of sp³-hybridized carbons (Fsp3) is 0.320. The van der Waals surface area contributed by atoms with Crippen molar-refractivity contribution in [1.29, 1.82) is 0 Å². The maximum absolute atomic E-state index is 12.6. The second kappa shape index (κ2) is 10.5. The van der Waals surface area contributed by atoms with Crippen LogP contribution in [0.3, 0.4) is 0 Å². The Labute approximate surface area is 194 Å². The van der Waals surface area contributed by atoms with Gasteiger partial charge in [0, 0.05) is 12.2 Å². The van der Waals surface area contributed by atoms with Crippen molar-refractivity contribution in [2.75, 3.05) is 11.1 Å². The van der Waals surface area contributed by atoms with Crippen molar-refractivity contribution in [3.05, 3.63) is 76.6 Å². The van der Waals surface area contributed by atoms with Gasteiger partial charge in [-0.3, -0.25) is 9.36 Å². The summed E-state index contributed by atoms with van der Waals surface area (Å²) in [6, 6.07) is 10.2. The number of ether oxygens (including phenoxy) is 1. The van der Waals surface area contributed by atoms with Gasteiger partial charge in [-0.2, -0.15) is 0 Å². The molecule has 1 N–H and O–H groups in total. The van der Waals surface area contributed by atoms with E-state index in [1.54, 1.807) is 6.08 Å². The van der Waals surface area contributed by atoms with E-state index in [1.165, 1.54) is 17.3 Å². The molecule has 1 aromatic heterocycles. The number of nitrogens with zero attached hydrogens (tertiary/aromatic N) is 3. The van der Waals surface area contributed by atoms with Gasteiger partial charge in [0.05, 0.1) is 5.75 Å². The van der Waals surface area contributed by atoms with Crippen LogP contribution >= 0.6 is 11.8 Å². The Kier molecular flexibility index (Phi) is 7.75. The predicted octanol–water partition coefficient (Wildman–Crippen LogP) is 5.32. The van der Waals surface area contributed by atoms with Gasteiger partial charge in [-0.05, 0) is 56.9 Å². The van der Waals surface area contributed by atoms with Gasteiger partial charge in [-0.25, -0.2) is 0 Å². The monoisotopic (exact) mass is 450 g/mol. The fourth-order valence-electron chi connectivity index (χ4n) is 3.69. The molecule has 32 heavy (non-hydrogen) atoms. The number of carbonyl (C=O) groups excluding carboxylic acids is 1. The first-order chi connectivity index (χ1) is 15.3. The van der Waals surface area contributed by atoms with Gasteiger partial charge >= 0.3 is 0 Å². The van der Waals surface area contributed by atoms with Gasteiger partial charge in [0.15, 0.2) is 11.0 Å². The highest BCUT2D eigenvalue weighted by molar-refractivity contribution is 7.99. The fourth-order valence-corrected chi connectivity index (χ4v) is 4.46. The lowest BCUT2D eigenvalue weighted by atomic mass is 10.1. The van der Waals surface area contributed by atoms with Gasteiger partial charge in [-0.1, -0.05) is 53.7 Å². The summed E-state index contributed by atoms with van der Waals surface area (Å²) in [6.45, 7) is 14.8. The van der Waals surface area contributed by atoms with Crippen LogP contribution in [0.1, 0.15) is 33.6 Å². The average molecular weight is 451 g/mol. The van der Waals surface area contributed by atoms with E-state index in [4.69, 9.17) is 4.74 Å². The van der Waals surface area contributed by atoms with E-state index in [2.05, 4.69) is 41.1 Å². The third kappa shape index (κ3) is 5.59. The van der Waals surface area contributed by atoms with Gasteiger partial charge in [-0.15, -0.1) is 16.8 Å². The first kappa shape index (κ1) is 23.6. The Morgan fingerprint density at radius 3 is 2.38 bits per heavy atom. The molecule has 0 fully saturated rings. The molecule has 0 aliphatic rings. The van der Waals surface area contributed by atoms with Crippen LogP contribution in [0.15, 0.2) is 48.1 Å². The number of nitrogens with one attached hydrogen (secondary N) is 1. The minimum Gasteiger partial charge on any atom is -0.485 e. The molecule has 0 aliphatic heterocycles. The number of amides is 1. The summed E-state index contributed by atoms with van der Waals surface area (Å²) in [5.74, 6) is 1.71. The molecule has 6 nitrogen and oxygen atoms in total. The van der Waals surface area contributed by atoms with E-state index in [-0.39, 0.29) is 11.7 Å². The van der Waals surface area contributed by atoms with E-state index in [9.17, 15) is 4.79 Å². The Morgan fingerprint density at radius 2 is 1.75 bits per heavy atom. The molecule has 0 unspecified atom stereocenters. The molecule has 2 aromatic carbocycles. The maximum Gasteiger partial charge on any atom is 0.234 e. The Hall–Kier alpha value is -3.06. The standard InChI is InChI=1S/C25H30N4O2S/c1-7-11-29-21(14-31-24-17(3)9-8-10-18(24)4)27-28-25(29)32-15-22(30)26-23-19(5)12-16(2)13-20(23)6/h7-10,12-13H,1,11,14-15H2,2-6H3,(H,26,30). The molecule has 168 valence electrons. The van der Waals surface area contributed by atoms with Gasteiger partial charge in [0.1, 0.15) is 12.4 Å². The van der Waals surface area contributed by atoms with Crippen LogP contribution in [0.5, 0.6) is 5.75 Å². The van der Waals surface area contributed by atoms with Crippen LogP contribution in [0.2, 0.25) is 0 Å². The van der Waals surface area contributed by atoms with Crippen LogP contribution in [-0.2, 0) is 17.9 Å². The number of benzene rings is 2. The minimum absolute atomic E-state index is 0.0773. The molecule has 0 saturated carbocycles. The molecule has 0 radical (unpaired) electrons. The maximum atomic E-state index is 12.6. The summed E-state index contributed by atoms with van der Waals surface area (Å²) in [5.41, 5.74) is 6.32. The highest BCUT2D eigenvalue weighted by Gasteiger charge is 2.16. The van der Waals surface area contributed by atoms with Crippen LogP contribution in [-0.4, -0.2) is 26.4 Å². The van der Waals surface area contributed by atoms with E-state index >= 15 is 0 Å². The van der Waals surface area contributed by atoms with Crippen LogP contribution in [0.25, 0.3) is 0 Å². The van der Waals surface area contributed by atoms with E-state index < -0.39 is 0 Å². The van der Waals surface area contributed by atoms with Gasteiger partial charge in [0.25, 0.3) is 0 Å². The van der Waals surface area contributed by atoms with Crippen LogP contribution in [0.4, 0.5) is 5.69 Å². The van der Waals surface area contributed by atoms with Crippen molar-refractivity contribution in [1.82, 2.24) is 14.8 Å². The molecule has 0 bridgehead atoms. The SMILES string of the molecule is C=CCn1c(COc2c(C)cccc2C)nnc1SCC(=O)Nc1c(C)cc(C)cc1C. The number of thioether (sulfide) groups is 1. The molecule has 3 aromatic rings. The third-order valence-corrected chi connectivity index (χ3v) is 6.10. The summed E-state index contributed by atoms with van der Waals surface area (Å²) in [5, 5.41) is 12.3. The Balaban J connectivity index is 1.67. The number of para-hydroxylation sites is 1. The number of rotatable bonds is 9. The smallest absolute Gasteiger partial charge is 0.234 e. The van der Waals surface area contributed by atoms with Crippen LogP contribution < -0.4 is 10.1 Å². The summed E-state index contributed by atoms with van der Waals surface area (Å²) >= 11 is 1.35. The van der Waals surface area contributed by atoms with E-state index in [0.29, 0.717) is 24.1 Å². The molecule has 7 heteroatoms. The molecule has 0 atom stereocenters. The Bertz CT molecular complexity index is 1090. The molecule has 1 amide bonds. The van der Waals surface area contributed by atoms with Crippen molar-refractivity contribution in [3.8, 4) is 5.75 Å². The average Bonchev–Trinajstić information content (AvgIpc) is 3.11. The lowest BCUT2D eigenvalue weighted by Crippen LogP contribution is -2.16. The van der Waals surface area contributed by atoms with Crippen LogP contribution in [0, 0.1) is 34.6 Å². The lowest BCUT2D eigenvalue weighted by molar-refractivity contribution is -0.113.